The number of nitrogens with two attached hydrogens (primary N) is 1. The lowest BCUT2D eigenvalue weighted by Crippen LogP contribution is -2.46. The molecule has 0 saturated carbocycles. The Morgan fingerprint density at radius 2 is 2.12 bits per heavy atom. The van der Waals surface area contributed by atoms with Crippen LogP contribution in [0, 0.1) is 18.3 Å². The third-order valence-corrected chi connectivity index (χ3v) is 6.26. The third-order valence-electron chi connectivity index (χ3n) is 5.96. The number of aromatic nitrogens is 4. The number of nitrogen functional groups attached to an aromatic ring is 1. The van der Waals surface area contributed by atoms with Gasteiger partial charge in [0.15, 0.2) is 11.4 Å². The van der Waals surface area contributed by atoms with E-state index in [0.29, 0.717) is 58.8 Å². The van der Waals surface area contributed by atoms with E-state index in [1.54, 1.807) is 13.8 Å². The van der Waals surface area contributed by atoms with E-state index in [9.17, 15) is 15.5 Å². The molecule has 2 aromatic heterocycles. The zero-order valence-corrected chi connectivity index (χ0v) is 18.8. The molecule has 0 radical (unpaired) electrons. The quantitative estimate of drug-likeness (QED) is 0.499. The van der Waals surface area contributed by atoms with Crippen molar-refractivity contribution < 1.29 is 14.9 Å². The molecule has 0 amide bonds. The van der Waals surface area contributed by atoms with Crippen LogP contribution >= 0.6 is 11.6 Å². The maximum absolute atomic E-state index is 11.7. The monoisotopic (exact) mass is 457 g/mol. The van der Waals surface area contributed by atoms with Gasteiger partial charge in [0, 0.05) is 36.7 Å². The van der Waals surface area contributed by atoms with Crippen molar-refractivity contribution in [2.45, 2.75) is 25.5 Å². The number of nitrogens with zero attached hydrogens (tertiary/aromatic N) is 6. The van der Waals surface area contributed by atoms with Gasteiger partial charge in [0.2, 0.25) is 0 Å². The number of benzene rings is 1. The number of methoxy groups -OCH3 is 1. The molecule has 10 nitrogen and oxygen atoms in total. The van der Waals surface area contributed by atoms with E-state index in [-0.39, 0.29) is 23.4 Å². The van der Waals surface area contributed by atoms with Crippen molar-refractivity contribution in [2.75, 3.05) is 39.1 Å². The first-order valence-electron chi connectivity index (χ1n) is 10.1. The third kappa shape index (κ3) is 3.34. The minimum Gasteiger partial charge on any atom is -0.496 e. The van der Waals surface area contributed by atoms with Crippen LogP contribution in [0.3, 0.4) is 0 Å². The van der Waals surface area contributed by atoms with Gasteiger partial charge in [-0.3, -0.25) is 4.90 Å². The highest BCUT2D eigenvalue weighted by Gasteiger charge is 2.39. The molecule has 1 atom stereocenters. The number of likely N-dealkylation sites (tertiary alicyclic amines) is 1. The van der Waals surface area contributed by atoms with Crippen LogP contribution in [0.5, 0.6) is 5.75 Å². The van der Waals surface area contributed by atoms with Gasteiger partial charge < -0.3 is 20.7 Å². The van der Waals surface area contributed by atoms with Crippen LogP contribution in [0.1, 0.15) is 35.2 Å². The second kappa shape index (κ2) is 8.18. The number of rotatable bonds is 6. The maximum Gasteiger partial charge on any atom is 0.187 e. The van der Waals surface area contributed by atoms with Gasteiger partial charge >= 0.3 is 0 Å². The highest BCUT2D eigenvalue weighted by Crippen LogP contribution is 2.45. The average molecular weight is 458 g/mol. The van der Waals surface area contributed by atoms with Crippen LogP contribution in [0.4, 0.5) is 5.82 Å². The molecule has 0 spiro atoms. The Balaban J connectivity index is 1.91. The predicted molar refractivity (Wildman–Crippen MR) is 118 cm³/mol. The van der Waals surface area contributed by atoms with Gasteiger partial charge in [0.1, 0.15) is 24.0 Å². The predicted octanol–water partition coefficient (Wildman–Crippen LogP) is 1.36. The number of β-amino-alcohol motifs (C(OH)–C–C–N with tert-alkyl or cyclic N) is 1. The molecule has 4 N–H and O–H groups in total. The van der Waals surface area contributed by atoms with Crippen molar-refractivity contribution in [3.63, 3.8) is 0 Å². The number of fused-ring (bicyclic) bond motifs is 1. The van der Waals surface area contributed by atoms with Crippen molar-refractivity contribution in [1.29, 1.82) is 5.26 Å². The SMILES string of the molecule is COc1c(C(C)(O)n2nc(C)c3c(N)ncnc32)cc(Cl)c(C#N)c1C1CN(CCO)C1. The van der Waals surface area contributed by atoms with Crippen LogP contribution in [0.2, 0.25) is 5.02 Å². The second-order valence-corrected chi connectivity index (χ2v) is 8.40. The minimum absolute atomic E-state index is 0.0338. The number of aryl methyl sites for hydroxylation is 1. The van der Waals surface area contributed by atoms with E-state index >= 15 is 0 Å². The van der Waals surface area contributed by atoms with Crippen molar-refractivity contribution in [2.24, 2.45) is 0 Å². The van der Waals surface area contributed by atoms with Crippen LogP contribution in [-0.2, 0) is 5.72 Å². The first-order chi connectivity index (χ1) is 15.2. The standard InChI is InChI=1S/C21H24ClN7O3/c1-11-16-19(24)25-10-26-20(16)29(27-11)21(2,31)14-6-15(22)13(7-23)17(18(14)32-3)12-8-28(9-12)4-5-30/h6,10,12,30-31H,4-5,8-9H2,1-3H3,(H2,24,25,26). The second-order valence-electron chi connectivity index (χ2n) is 8.00. The molecule has 1 aromatic carbocycles. The van der Waals surface area contributed by atoms with Crippen LogP contribution < -0.4 is 10.5 Å². The van der Waals surface area contributed by atoms with Gasteiger partial charge in [-0.1, -0.05) is 11.6 Å². The summed E-state index contributed by atoms with van der Waals surface area (Å²) in [6.07, 6.45) is 1.31. The number of nitriles is 1. The van der Waals surface area contributed by atoms with E-state index in [1.165, 1.54) is 24.2 Å². The molecule has 11 heteroatoms. The summed E-state index contributed by atoms with van der Waals surface area (Å²) in [5.74, 6) is 0.597. The number of aliphatic hydroxyl groups is 2. The molecule has 1 saturated heterocycles. The lowest BCUT2D eigenvalue weighted by Gasteiger charge is -2.41. The Kier molecular flexibility index (Phi) is 5.68. The maximum atomic E-state index is 11.7. The van der Waals surface area contributed by atoms with Gasteiger partial charge in [-0.15, -0.1) is 0 Å². The molecule has 168 valence electrons. The molecular weight excluding hydrogens is 434 g/mol. The average Bonchev–Trinajstić information content (AvgIpc) is 3.08. The molecule has 1 aliphatic rings. The number of hydrogen-bond acceptors (Lipinski definition) is 9. The molecule has 32 heavy (non-hydrogen) atoms. The van der Waals surface area contributed by atoms with E-state index in [0.717, 1.165) is 0 Å². The number of hydrogen-bond donors (Lipinski definition) is 3. The zero-order chi connectivity index (χ0) is 23.2. The Bertz CT molecular complexity index is 1230. The summed E-state index contributed by atoms with van der Waals surface area (Å²) in [7, 11) is 1.49. The van der Waals surface area contributed by atoms with Crippen molar-refractivity contribution in [3.8, 4) is 11.8 Å². The lowest BCUT2D eigenvalue weighted by atomic mass is 9.84. The summed E-state index contributed by atoms with van der Waals surface area (Å²) < 4.78 is 7.10. The van der Waals surface area contributed by atoms with Gasteiger partial charge in [0.05, 0.1) is 35.4 Å². The fraction of sp³-hybridized carbons (Fsp3) is 0.429. The van der Waals surface area contributed by atoms with Crippen LogP contribution in [0.15, 0.2) is 12.4 Å². The van der Waals surface area contributed by atoms with Gasteiger partial charge in [-0.2, -0.15) is 10.4 Å². The fourth-order valence-electron chi connectivity index (χ4n) is 4.37. The summed E-state index contributed by atoms with van der Waals surface area (Å²) in [5, 5.41) is 35.9. The molecule has 4 rings (SSSR count). The van der Waals surface area contributed by atoms with Gasteiger partial charge in [0.25, 0.3) is 0 Å². The highest BCUT2D eigenvalue weighted by molar-refractivity contribution is 6.32. The number of ether oxygens (including phenoxy) is 1. The summed E-state index contributed by atoms with van der Waals surface area (Å²) in [6.45, 7) is 5.20. The molecule has 1 unspecified atom stereocenters. The first-order valence-corrected chi connectivity index (χ1v) is 10.4. The summed E-state index contributed by atoms with van der Waals surface area (Å²) in [4.78, 5) is 10.4. The molecule has 3 aromatic rings. The number of aliphatic hydroxyl groups excluding tert-OH is 1. The fourth-order valence-corrected chi connectivity index (χ4v) is 4.62. The molecule has 0 bridgehead atoms. The summed E-state index contributed by atoms with van der Waals surface area (Å²) >= 11 is 6.51. The lowest BCUT2D eigenvalue weighted by molar-refractivity contribution is 0.0140. The van der Waals surface area contributed by atoms with Crippen molar-refractivity contribution >= 4 is 28.5 Å². The normalized spacial score (nSPS) is 16.5. The number of halogens is 1. The van der Waals surface area contributed by atoms with E-state index in [4.69, 9.17) is 22.1 Å². The van der Waals surface area contributed by atoms with Gasteiger partial charge in [-0.05, 0) is 19.9 Å². The Labute approximate surface area is 189 Å². The van der Waals surface area contributed by atoms with E-state index < -0.39 is 5.72 Å². The molecule has 1 fully saturated rings. The molecule has 3 heterocycles. The highest BCUT2D eigenvalue weighted by atomic mass is 35.5. The Morgan fingerprint density at radius 1 is 1.41 bits per heavy atom. The van der Waals surface area contributed by atoms with Gasteiger partial charge in [-0.25, -0.2) is 14.6 Å². The summed E-state index contributed by atoms with van der Waals surface area (Å²) in [5.41, 5.74) is 6.50. The zero-order valence-electron chi connectivity index (χ0n) is 18.0. The molecule has 0 aliphatic carbocycles. The first kappa shape index (κ1) is 22.2. The Hall–Kier alpha value is -2.97. The van der Waals surface area contributed by atoms with E-state index in [1.807, 2.05) is 0 Å². The van der Waals surface area contributed by atoms with E-state index in [2.05, 4.69) is 26.0 Å². The Morgan fingerprint density at radius 3 is 2.75 bits per heavy atom. The molecule has 1 aliphatic heterocycles. The van der Waals surface area contributed by atoms with Crippen molar-refractivity contribution in [1.82, 2.24) is 24.6 Å². The largest absolute Gasteiger partial charge is 0.496 e. The minimum atomic E-state index is -1.72. The molecular formula is C21H24ClN7O3. The topological polar surface area (TPSA) is 146 Å². The smallest absolute Gasteiger partial charge is 0.187 e. The van der Waals surface area contributed by atoms with Crippen LogP contribution in [-0.4, -0.2) is 68.2 Å². The van der Waals surface area contributed by atoms with Crippen molar-refractivity contribution in [3.05, 3.63) is 39.8 Å². The van der Waals surface area contributed by atoms with Crippen LogP contribution in [0.25, 0.3) is 11.0 Å². The summed E-state index contributed by atoms with van der Waals surface area (Å²) in [6, 6.07) is 3.70. The number of anilines is 1.